The smallest absolute Gasteiger partial charge is 0.319 e. The minimum absolute atomic E-state index is 0.207. The SMILES string of the molecule is Cc1nn(C)c2nc(CNC(=O)Nc3cc(Cl)nc(Cl)c3)cc(C(C)C)c12. The Morgan fingerprint density at radius 2 is 1.85 bits per heavy atom. The number of urea groups is 1. The van der Waals surface area contributed by atoms with Crippen LogP contribution in [0.4, 0.5) is 10.5 Å². The average molecular weight is 407 g/mol. The van der Waals surface area contributed by atoms with Crippen molar-refractivity contribution >= 4 is 46.0 Å². The fourth-order valence-corrected chi connectivity index (χ4v) is 3.42. The topological polar surface area (TPSA) is 84.7 Å². The summed E-state index contributed by atoms with van der Waals surface area (Å²) in [6.07, 6.45) is 0. The number of halogens is 2. The lowest BCUT2D eigenvalue weighted by Crippen LogP contribution is -2.28. The lowest BCUT2D eigenvalue weighted by molar-refractivity contribution is 0.251. The van der Waals surface area contributed by atoms with Crippen LogP contribution in [0.5, 0.6) is 0 Å². The monoisotopic (exact) mass is 406 g/mol. The molecule has 142 valence electrons. The molecule has 0 aliphatic carbocycles. The molecule has 3 heterocycles. The molecule has 0 unspecified atom stereocenters. The van der Waals surface area contributed by atoms with E-state index in [0.29, 0.717) is 11.6 Å². The van der Waals surface area contributed by atoms with Gasteiger partial charge in [-0.25, -0.2) is 14.8 Å². The Morgan fingerprint density at radius 3 is 2.48 bits per heavy atom. The highest BCUT2D eigenvalue weighted by Gasteiger charge is 2.16. The normalized spacial score (nSPS) is 11.2. The molecule has 0 fully saturated rings. The summed E-state index contributed by atoms with van der Waals surface area (Å²) in [5.74, 6) is 0.312. The molecule has 3 rings (SSSR count). The van der Waals surface area contributed by atoms with Gasteiger partial charge in [-0.3, -0.25) is 4.68 Å². The van der Waals surface area contributed by atoms with Crippen molar-refractivity contribution in [3.8, 4) is 0 Å². The maximum Gasteiger partial charge on any atom is 0.319 e. The van der Waals surface area contributed by atoms with E-state index in [9.17, 15) is 4.79 Å². The highest BCUT2D eigenvalue weighted by molar-refractivity contribution is 6.32. The van der Waals surface area contributed by atoms with E-state index in [1.165, 1.54) is 12.1 Å². The third-order valence-corrected chi connectivity index (χ3v) is 4.51. The lowest BCUT2D eigenvalue weighted by Gasteiger charge is -2.12. The van der Waals surface area contributed by atoms with Gasteiger partial charge in [-0.05, 0) is 36.6 Å². The van der Waals surface area contributed by atoms with Gasteiger partial charge in [-0.2, -0.15) is 5.10 Å². The molecule has 2 amide bonds. The predicted octanol–water partition coefficient (Wildman–Crippen LogP) is 4.42. The van der Waals surface area contributed by atoms with E-state index >= 15 is 0 Å². The highest BCUT2D eigenvalue weighted by Crippen LogP contribution is 2.27. The Hall–Kier alpha value is -2.38. The first-order valence-corrected chi connectivity index (χ1v) is 9.21. The minimum Gasteiger partial charge on any atom is -0.332 e. The number of anilines is 1. The number of pyridine rings is 2. The Balaban J connectivity index is 1.78. The van der Waals surface area contributed by atoms with Gasteiger partial charge in [-0.15, -0.1) is 0 Å². The largest absolute Gasteiger partial charge is 0.332 e. The molecule has 9 heteroatoms. The van der Waals surface area contributed by atoms with Crippen molar-refractivity contribution in [2.75, 3.05) is 5.32 Å². The Kier molecular flexibility index (Phi) is 5.53. The highest BCUT2D eigenvalue weighted by atomic mass is 35.5. The maximum absolute atomic E-state index is 12.2. The van der Waals surface area contributed by atoms with E-state index in [0.717, 1.165) is 28.0 Å². The van der Waals surface area contributed by atoms with Crippen molar-refractivity contribution in [3.05, 3.63) is 45.5 Å². The molecule has 3 aromatic heterocycles. The standard InChI is InChI=1S/C18H20Cl2N6O/c1-9(2)13-5-12(22-17-16(13)10(3)25-26(17)4)8-21-18(27)23-11-6-14(19)24-15(20)7-11/h5-7,9H,8H2,1-4H3,(H2,21,23,24,27). The molecule has 0 aliphatic rings. The molecule has 0 radical (unpaired) electrons. The zero-order chi connectivity index (χ0) is 19.7. The minimum atomic E-state index is -0.387. The predicted molar refractivity (Wildman–Crippen MR) is 107 cm³/mol. The molecule has 0 saturated heterocycles. The molecule has 0 spiro atoms. The van der Waals surface area contributed by atoms with Gasteiger partial charge in [0.1, 0.15) is 10.3 Å². The number of carbonyl (C=O) groups excluding carboxylic acids is 1. The van der Waals surface area contributed by atoms with Crippen molar-refractivity contribution in [3.63, 3.8) is 0 Å². The van der Waals surface area contributed by atoms with E-state index in [2.05, 4.69) is 39.5 Å². The fourth-order valence-electron chi connectivity index (χ4n) is 2.96. The molecular weight excluding hydrogens is 387 g/mol. The van der Waals surface area contributed by atoms with E-state index in [1.807, 2.05) is 20.0 Å². The van der Waals surface area contributed by atoms with E-state index in [-0.39, 0.29) is 22.9 Å². The van der Waals surface area contributed by atoms with Crippen molar-refractivity contribution in [2.45, 2.75) is 33.2 Å². The fraction of sp³-hybridized carbons (Fsp3) is 0.333. The number of carbonyl (C=O) groups is 1. The quantitative estimate of drug-likeness (QED) is 0.627. The number of nitrogens with one attached hydrogen (secondary N) is 2. The average Bonchev–Trinajstić information content (AvgIpc) is 2.85. The van der Waals surface area contributed by atoms with Crippen molar-refractivity contribution in [2.24, 2.45) is 7.05 Å². The Bertz CT molecular complexity index is 994. The van der Waals surface area contributed by atoms with Crippen LogP contribution in [-0.4, -0.2) is 25.8 Å². The third kappa shape index (κ3) is 4.31. The first kappa shape index (κ1) is 19.4. The number of aryl methyl sites for hydroxylation is 2. The second kappa shape index (κ2) is 7.70. The molecular formula is C18H20Cl2N6O. The molecule has 0 atom stereocenters. The second-order valence-electron chi connectivity index (χ2n) is 6.57. The molecule has 3 aromatic rings. The van der Waals surface area contributed by atoms with Crippen LogP contribution in [0.25, 0.3) is 11.0 Å². The summed E-state index contributed by atoms with van der Waals surface area (Å²) < 4.78 is 1.76. The van der Waals surface area contributed by atoms with Crippen molar-refractivity contribution in [1.29, 1.82) is 0 Å². The molecule has 0 aliphatic heterocycles. The van der Waals surface area contributed by atoms with Crippen LogP contribution in [0.1, 0.15) is 36.7 Å². The van der Waals surface area contributed by atoms with Crippen molar-refractivity contribution in [1.82, 2.24) is 25.1 Å². The summed E-state index contributed by atoms with van der Waals surface area (Å²) in [4.78, 5) is 20.7. The number of rotatable bonds is 4. The van der Waals surface area contributed by atoms with Crippen LogP contribution >= 0.6 is 23.2 Å². The molecule has 27 heavy (non-hydrogen) atoms. The van der Waals surface area contributed by atoms with Gasteiger partial charge >= 0.3 is 6.03 Å². The summed E-state index contributed by atoms with van der Waals surface area (Å²) in [5.41, 5.74) is 4.15. The van der Waals surface area contributed by atoms with Gasteiger partial charge in [0.25, 0.3) is 0 Å². The van der Waals surface area contributed by atoms with Crippen LogP contribution in [0.2, 0.25) is 10.3 Å². The molecule has 0 saturated carbocycles. The van der Waals surface area contributed by atoms with Crippen LogP contribution in [-0.2, 0) is 13.6 Å². The maximum atomic E-state index is 12.2. The molecule has 0 aromatic carbocycles. The Morgan fingerprint density at radius 1 is 1.19 bits per heavy atom. The van der Waals surface area contributed by atoms with E-state index in [4.69, 9.17) is 23.2 Å². The number of amides is 2. The van der Waals surface area contributed by atoms with Gasteiger partial charge in [0.2, 0.25) is 0 Å². The van der Waals surface area contributed by atoms with Crippen LogP contribution in [0.15, 0.2) is 18.2 Å². The summed E-state index contributed by atoms with van der Waals surface area (Å²) in [6, 6.07) is 4.67. The van der Waals surface area contributed by atoms with Crippen molar-refractivity contribution < 1.29 is 4.79 Å². The van der Waals surface area contributed by atoms with Gasteiger partial charge in [0.15, 0.2) is 5.65 Å². The lowest BCUT2D eigenvalue weighted by atomic mass is 9.99. The first-order chi connectivity index (χ1) is 12.7. The van der Waals surface area contributed by atoms with E-state index < -0.39 is 0 Å². The third-order valence-electron chi connectivity index (χ3n) is 4.13. The van der Waals surface area contributed by atoms with Gasteiger partial charge < -0.3 is 10.6 Å². The number of aromatic nitrogens is 4. The summed E-state index contributed by atoms with van der Waals surface area (Å²) in [5, 5.41) is 11.4. The molecule has 7 nitrogen and oxygen atoms in total. The number of fused-ring (bicyclic) bond motifs is 1. The summed E-state index contributed by atoms with van der Waals surface area (Å²) in [7, 11) is 1.87. The Labute approximate surface area is 167 Å². The van der Waals surface area contributed by atoms with Crippen LogP contribution < -0.4 is 10.6 Å². The van der Waals surface area contributed by atoms with Gasteiger partial charge in [0, 0.05) is 18.1 Å². The zero-order valence-corrected chi connectivity index (χ0v) is 17.0. The number of nitrogens with zero attached hydrogens (tertiary/aromatic N) is 4. The van der Waals surface area contributed by atoms with Crippen LogP contribution in [0, 0.1) is 6.92 Å². The molecule has 0 bridgehead atoms. The number of hydrogen-bond donors (Lipinski definition) is 2. The second-order valence-corrected chi connectivity index (χ2v) is 7.35. The number of hydrogen-bond acceptors (Lipinski definition) is 4. The van der Waals surface area contributed by atoms with Crippen LogP contribution in [0.3, 0.4) is 0 Å². The molecule has 2 N–H and O–H groups in total. The zero-order valence-electron chi connectivity index (χ0n) is 15.5. The van der Waals surface area contributed by atoms with E-state index in [1.54, 1.807) is 4.68 Å². The van der Waals surface area contributed by atoms with Gasteiger partial charge in [0.05, 0.1) is 17.9 Å². The summed E-state index contributed by atoms with van der Waals surface area (Å²) >= 11 is 11.7. The first-order valence-electron chi connectivity index (χ1n) is 8.45. The van der Waals surface area contributed by atoms with Gasteiger partial charge in [-0.1, -0.05) is 37.0 Å². The summed E-state index contributed by atoms with van der Waals surface area (Å²) in [6.45, 7) is 6.51.